The molecule has 0 nitrogen and oxygen atoms in total. The molecule has 1 aromatic carbocycles. The van der Waals surface area contributed by atoms with Gasteiger partial charge in [-0.05, 0) is 52.9 Å². The third-order valence-corrected chi connectivity index (χ3v) is 6.36. The topological polar surface area (TPSA) is 0 Å². The molecular formula is C18H16S2. The fraction of sp³-hybridized carbons (Fsp3) is 0.222. The van der Waals surface area contributed by atoms with Gasteiger partial charge in [-0.2, -0.15) is 0 Å². The minimum atomic E-state index is 0.137. The number of fused-ring (bicyclic) bond motifs is 3. The Labute approximate surface area is 127 Å². The van der Waals surface area contributed by atoms with Crippen LogP contribution in [0.1, 0.15) is 29.2 Å². The maximum Gasteiger partial charge on any atom is 0.0486 e. The van der Waals surface area contributed by atoms with Crippen LogP contribution in [0.25, 0.3) is 9.75 Å². The van der Waals surface area contributed by atoms with Crippen molar-refractivity contribution in [2.45, 2.75) is 25.7 Å². The lowest BCUT2D eigenvalue weighted by Crippen LogP contribution is -2.23. The largest absolute Gasteiger partial charge is 0.143 e. The number of hydrogen-bond acceptors (Lipinski definition) is 2. The van der Waals surface area contributed by atoms with Gasteiger partial charge in [0.05, 0.1) is 0 Å². The molecule has 1 aliphatic carbocycles. The first kappa shape index (κ1) is 12.4. The third-order valence-electron chi connectivity index (χ3n) is 4.37. The zero-order valence-electron chi connectivity index (χ0n) is 11.6. The van der Waals surface area contributed by atoms with Gasteiger partial charge >= 0.3 is 0 Å². The van der Waals surface area contributed by atoms with Crippen molar-refractivity contribution in [1.82, 2.24) is 0 Å². The SMILES string of the molecule is Cc1cccc(CC2(C)c3ccsc3-c3sccc32)c1. The predicted molar refractivity (Wildman–Crippen MR) is 89.0 cm³/mol. The summed E-state index contributed by atoms with van der Waals surface area (Å²) in [7, 11) is 0. The average Bonchev–Trinajstić information content (AvgIpc) is 3.10. The van der Waals surface area contributed by atoms with Gasteiger partial charge in [-0.15, -0.1) is 22.7 Å². The Morgan fingerprint density at radius 1 is 0.950 bits per heavy atom. The Morgan fingerprint density at radius 2 is 1.60 bits per heavy atom. The van der Waals surface area contributed by atoms with E-state index in [4.69, 9.17) is 0 Å². The number of rotatable bonds is 2. The number of aryl methyl sites for hydroxylation is 1. The zero-order valence-corrected chi connectivity index (χ0v) is 13.3. The standard InChI is InChI=1S/C18H16S2/c1-12-4-3-5-13(10-12)11-18(2)14-6-8-19-16(14)17-15(18)7-9-20-17/h3-10H,11H2,1-2H3. The average molecular weight is 296 g/mol. The van der Waals surface area contributed by atoms with Gasteiger partial charge in [-0.1, -0.05) is 36.8 Å². The lowest BCUT2D eigenvalue weighted by Gasteiger charge is -2.26. The summed E-state index contributed by atoms with van der Waals surface area (Å²) >= 11 is 3.77. The summed E-state index contributed by atoms with van der Waals surface area (Å²) in [6.07, 6.45) is 1.09. The van der Waals surface area contributed by atoms with Crippen LogP contribution in [0.2, 0.25) is 0 Å². The molecule has 0 radical (unpaired) electrons. The van der Waals surface area contributed by atoms with Crippen LogP contribution in [-0.2, 0) is 11.8 Å². The second-order valence-electron chi connectivity index (χ2n) is 5.82. The van der Waals surface area contributed by atoms with E-state index in [0.29, 0.717) is 0 Å². The van der Waals surface area contributed by atoms with Crippen LogP contribution in [0.5, 0.6) is 0 Å². The van der Waals surface area contributed by atoms with Crippen molar-refractivity contribution in [3.63, 3.8) is 0 Å². The molecule has 0 atom stereocenters. The Bertz CT molecular complexity index is 736. The van der Waals surface area contributed by atoms with Gasteiger partial charge < -0.3 is 0 Å². The molecule has 0 N–H and O–H groups in total. The van der Waals surface area contributed by atoms with Crippen molar-refractivity contribution >= 4 is 22.7 Å². The molecule has 0 spiro atoms. The quantitative estimate of drug-likeness (QED) is 0.573. The van der Waals surface area contributed by atoms with E-state index in [1.165, 1.54) is 32.0 Å². The molecule has 1 aliphatic rings. The Morgan fingerprint density at radius 3 is 2.20 bits per heavy atom. The minimum absolute atomic E-state index is 0.137. The van der Waals surface area contributed by atoms with Crippen LogP contribution < -0.4 is 0 Å². The van der Waals surface area contributed by atoms with Crippen LogP contribution in [-0.4, -0.2) is 0 Å². The van der Waals surface area contributed by atoms with E-state index in [1.54, 1.807) is 0 Å². The molecule has 0 aliphatic heterocycles. The lowest BCUT2D eigenvalue weighted by atomic mass is 9.76. The minimum Gasteiger partial charge on any atom is -0.143 e. The molecule has 0 saturated heterocycles. The van der Waals surface area contributed by atoms with Crippen molar-refractivity contribution in [3.05, 3.63) is 69.4 Å². The highest BCUT2D eigenvalue weighted by Gasteiger charge is 2.41. The molecular weight excluding hydrogens is 280 g/mol. The highest BCUT2D eigenvalue weighted by molar-refractivity contribution is 7.21. The molecule has 0 bridgehead atoms. The van der Waals surface area contributed by atoms with Crippen molar-refractivity contribution in [2.75, 3.05) is 0 Å². The van der Waals surface area contributed by atoms with Gasteiger partial charge in [0, 0.05) is 15.2 Å². The molecule has 0 saturated carbocycles. The molecule has 100 valence electrons. The fourth-order valence-corrected chi connectivity index (χ4v) is 5.65. The first-order chi connectivity index (χ1) is 9.68. The van der Waals surface area contributed by atoms with E-state index >= 15 is 0 Å². The van der Waals surface area contributed by atoms with Crippen molar-refractivity contribution in [2.24, 2.45) is 0 Å². The normalized spacial score (nSPS) is 15.1. The van der Waals surface area contributed by atoms with Crippen LogP contribution in [0.4, 0.5) is 0 Å². The maximum atomic E-state index is 2.40. The zero-order chi connectivity index (χ0) is 13.7. The lowest BCUT2D eigenvalue weighted by molar-refractivity contribution is 0.585. The van der Waals surface area contributed by atoms with Gasteiger partial charge in [0.15, 0.2) is 0 Å². The summed E-state index contributed by atoms with van der Waals surface area (Å²) in [5.74, 6) is 0. The van der Waals surface area contributed by atoms with E-state index in [1.807, 2.05) is 22.7 Å². The molecule has 0 fully saturated rings. The molecule has 0 unspecified atom stereocenters. The first-order valence-corrected chi connectivity index (χ1v) is 8.66. The summed E-state index contributed by atoms with van der Waals surface area (Å²) in [6, 6.07) is 13.6. The summed E-state index contributed by atoms with van der Waals surface area (Å²) in [6.45, 7) is 4.58. The van der Waals surface area contributed by atoms with Crippen molar-refractivity contribution < 1.29 is 0 Å². The van der Waals surface area contributed by atoms with Crippen molar-refractivity contribution in [1.29, 1.82) is 0 Å². The Balaban J connectivity index is 1.85. The summed E-state index contributed by atoms with van der Waals surface area (Å²) < 4.78 is 0. The Kier molecular flexibility index (Phi) is 2.66. The second kappa shape index (κ2) is 4.31. The van der Waals surface area contributed by atoms with Gasteiger partial charge in [0.25, 0.3) is 0 Å². The molecule has 2 heterocycles. The first-order valence-electron chi connectivity index (χ1n) is 6.90. The molecule has 20 heavy (non-hydrogen) atoms. The predicted octanol–water partition coefficient (Wildman–Crippen LogP) is 5.65. The molecule has 2 aromatic heterocycles. The van der Waals surface area contributed by atoms with Gasteiger partial charge in [-0.3, -0.25) is 0 Å². The van der Waals surface area contributed by atoms with E-state index in [-0.39, 0.29) is 5.41 Å². The van der Waals surface area contributed by atoms with E-state index < -0.39 is 0 Å². The number of benzene rings is 1. The third kappa shape index (κ3) is 1.65. The monoisotopic (exact) mass is 296 g/mol. The van der Waals surface area contributed by atoms with Crippen LogP contribution >= 0.6 is 22.7 Å². The van der Waals surface area contributed by atoms with E-state index in [0.717, 1.165) is 6.42 Å². The summed E-state index contributed by atoms with van der Waals surface area (Å²) in [4.78, 5) is 2.98. The summed E-state index contributed by atoms with van der Waals surface area (Å²) in [5, 5.41) is 4.48. The van der Waals surface area contributed by atoms with Crippen LogP contribution in [0.15, 0.2) is 47.2 Å². The maximum absolute atomic E-state index is 2.40. The number of hydrogen-bond donors (Lipinski definition) is 0. The Hall–Kier alpha value is -1.38. The van der Waals surface area contributed by atoms with Gasteiger partial charge in [0.1, 0.15) is 0 Å². The van der Waals surface area contributed by atoms with Crippen LogP contribution in [0, 0.1) is 6.92 Å². The van der Waals surface area contributed by atoms with E-state index in [2.05, 4.69) is 61.0 Å². The van der Waals surface area contributed by atoms with E-state index in [9.17, 15) is 0 Å². The number of thiophene rings is 2. The highest BCUT2D eigenvalue weighted by atomic mass is 32.1. The molecule has 0 amide bonds. The van der Waals surface area contributed by atoms with Gasteiger partial charge in [0.2, 0.25) is 0 Å². The highest BCUT2D eigenvalue weighted by Crippen LogP contribution is 2.54. The molecule has 3 aromatic rings. The van der Waals surface area contributed by atoms with Crippen LogP contribution in [0.3, 0.4) is 0 Å². The van der Waals surface area contributed by atoms with Crippen molar-refractivity contribution in [3.8, 4) is 9.75 Å². The van der Waals surface area contributed by atoms with Gasteiger partial charge in [-0.25, -0.2) is 0 Å². The smallest absolute Gasteiger partial charge is 0.0486 e. The molecule has 2 heteroatoms. The second-order valence-corrected chi connectivity index (χ2v) is 7.66. The fourth-order valence-electron chi connectivity index (χ4n) is 3.41. The summed E-state index contributed by atoms with van der Waals surface area (Å²) in [5.41, 5.74) is 5.96. The molecule has 4 rings (SSSR count).